The van der Waals surface area contributed by atoms with Gasteiger partial charge in [0, 0.05) is 5.41 Å². The van der Waals surface area contributed by atoms with E-state index >= 15 is 0 Å². The van der Waals surface area contributed by atoms with Gasteiger partial charge in [-0.2, -0.15) is 0 Å². The predicted octanol–water partition coefficient (Wildman–Crippen LogP) is 1.39. The summed E-state index contributed by atoms with van der Waals surface area (Å²) in [4.78, 5) is 0. The van der Waals surface area contributed by atoms with Crippen LogP contribution in [0.25, 0.3) is 0 Å². The second kappa shape index (κ2) is 4.32. The van der Waals surface area contributed by atoms with Gasteiger partial charge in [0.25, 0.3) is 0 Å². The van der Waals surface area contributed by atoms with Crippen LogP contribution >= 0.6 is 0 Å². The number of aliphatic hydroxyl groups excluding tert-OH is 2. The first-order valence-corrected chi connectivity index (χ1v) is 5.66. The fourth-order valence-electron chi connectivity index (χ4n) is 2.32. The molecule has 92 valence electrons. The van der Waals surface area contributed by atoms with E-state index in [1.165, 1.54) is 0 Å². The molecule has 0 bridgehead atoms. The lowest BCUT2D eigenvalue weighted by atomic mass is 9.64. The lowest BCUT2D eigenvalue weighted by Gasteiger charge is -2.46. The van der Waals surface area contributed by atoms with Crippen molar-refractivity contribution >= 4 is 0 Å². The first-order valence-electron chi connectivity index (χ1n) is 5.66. The molecule has 0 radical (unpaired) electrons. The Balaban J connectivity index is 3.11. The van der Waals surface area contributed by atoms with E-state index in [1.807, 2.05) is 13.8 Å². The monoisotopic (exact) mass is 226 g/mol. The van der Waals surface area contributed by atoms with Gasteiger partial charge in [0.2, 0.25) is 0 Å². The zero-order chi connectivity index (χ0) is 12.6. The van der Waals surface area contributed by atoms with Gasteiger partial charge >= 0.3 is 0 Å². The summed E-state index contributed by atoms with van der Waals surface area (Å²) in [6, 6.07) is 0. The van der Waals surface area contributed by atoms with Crippen LogP contribution in [0.4, 0.5) is 0 Å². The van der Waals surface area contributed by atoms with Crippen LogP contribution in [0.5, 0.6) is 0 Å². The molecule has 1 aliphatic carbocycles. The van der Waals surface area contributed by atoms with E-state index in [0.29, 0.717) is 6.42 Å². The molecule has 0 spiro atoms. The highest BCUT2D eigenvalue weighted by molar-refractivity contribution is 5.32. The van der Waals surface area contributed by atoms with Gasteiger partial charge in [-0.1, -0.05) is 26.0 Å². The molecule has 0 saturated heterocycles. The minimum Gasteiger partial charge on any atom is -0.389 e. The van der Waals surface area contributed by atoms with Crippen molar-refractivity contribution in [2.45, 2.75) is 51.9 Å². The zero-order valence-corrected chi connectivity index (χ0v) is 10.4. The molecule has 0 saturated carbocycles. The van der Waals surface area contributed by atoms with Gasteiger partial charge in [-0.25, -0.2) is 0 Å². The number of rotatable bonds is 2. The van der Waals surface area contributed by atoms with Crippen LogP contribution in [0.3, 0.4) is 0 Å². The van der Waals surface area contributed by atoms with Crippen molar-refractivity contribution in [2.24, 2.45) is 5.41 Å². The number of hydrogen-bond donors (Lipinski definition) is 3. The molecule has 1 rings (SSSR count). The molecule has 0 aromatic carbocycles. The Hall–Kier alpha value is -0.640. The lowest BCUT2D eigenvalue weighted by Crippen LogP contribution is -2.49. The van der Waals surface area contributed by atoms with Crippen molar-refractivity contribution in [1.82, 2.24) is 0 Å². The highest BCUT2D eigenvalue weighted by Crippen LogP contribution is 2.45. The molecule has 0 aromatic rings. The summed E-state index contributed by atoms with van der Waals surface area (Å²) in [5.74, 6) is 0. The van der Waals surface area contributed by atoms with Crippen LogP contribution < -0.4 is 0 Å². The standard InChI is InChI=1S/C13H22O3/c1-9-7-11(15)8-12(3,4)13(9,16)6-5-10(2)14/h5-7,10-11,14-16H,8H2,1-4H3/b6-5+. The molecule has 0 aromatic heterocycles. The Bertz CT molecular complexity index is 315. The summed E-state index contributed by atoms with van der Waals surface area (Å²) in [6.45, 7) is 7.28. The molecule has 16 heavy (non-hydrogen) atoms. The minimum absolute atomic E-state index is 0.448. The minimum atomic E-state index is -1.09. The van der Waals surface area contributed by atoms with Crippen molar-refractivity contribution in [3.63, 3.8) is 0 Å². The fraction of sp³-hybridized carbons (Fsp3) is 0.692. The average Bonchev–Trinajstić information content (AvgIpc) is 2.10. The van der Waals surface area contributed by atoms with E-state index in [0.717, 1.165) is 5.57 Å². The number of aliphatic hydroxyl groups is 3. The molecule has 3 heteroatoms. The zero-order valence-electron chi connectivity index (χ0n) is 10.4. The van der Waals surface area contributed by atoms with Crippen molar-refractivity contribution in [3.8, 4) is 0 Å². The molecular weight excluding hydrogens is 204 g/mol. The largest absolute Gasteiger partial charge is 0.389 e. The first-order chi connectivity index (χ1) is 7.19. The molecular formula is C13H22O3. The first kappa shape index (κ1) is 13.4. The smallest absolute Gasteiger partial charge is 0.109 e. The molecule has 3 N–H and O–H groups in total. The van der Waals surface area contributed by atoms with E-state index in [-0.39, 0.29) is 0 Å². The van der Waals surface area contributed by atoms with Crippen molar-refractivity contribution in [3.05, 3.63) is 23.8 Å². The predicted molar refractivity (Wildman–Crippen MR) is 63.9 cm³/mol. The Morgan fingerprint density at radius 3 is 2.50 bits per heavy atom. The topological polar surface area (TPSA) is 60.7 Å². The second-order valence-corrected chi connectivity index (χ2v) is 5.37. The Morgan fingerprint density at radius 1 is 1.50 bits per heavy atom. The highest BCUT2D eigenvalue weighted by atomic mass is 16.3. The summed E-state index contributed by atoms with van der Waals surface area (Å²) in [7, 11) is 0. The molecule has 1 aliphatic rings. The number of hydrogen-bond acceptors (Lipinski definition) is 3. The van der Waals surface area contributed by atoms with Crippen molar-refractivity contribution < 1.29 is 15.3 Å². The van der Waals surface area contributed by atoms with Crippen LogP contribution in [0.1, 0.15) is 34.1 Å². The SMILES string of the molecule is CC1=CC(O)CC(C)(C)C1(O)/C=C/C(C)O. The van der Waals surface area contributed by atoms with E-state index in [4.69, 9.17) is 0 Å². The van der Waals surface area contributed by atoms with Crippen molar-refractivity contribution in [1.29, 1.82) is 0 Å². The van der Waals surface area contributed by atoms with Gasteiger partial charge in [0.05, 0.1) is 12.2 Å². The summed E-state index contributed by atoms with van der Waals surface area (Å²) < 4.78 is 0. The maximum absolute atomic E-state index is 10.7. The van der Waals surface area contributed by atoms with E-state index in [1.54, 1.807) is 32.1 Å². The van der Waals surface area contributed by atoms with Crippen LogP contribution in [0.15, 0.2) is 23.8 Å². The quantitative estimate of drug-likeness (QED) is 0.624. The summed E-state index contributed by atoms with van der Waals surface area (Å²) in [6.07, 6.45) is 4.31. The van der Waals surface area contributed by atoms with Gasteiger partial charge in [0.1, 0.15) is 5.60 Å². The van der Waals surface area contributed by atoms with Crippen LogP contribution in [-0.2, 0) is 0 Å². The van der Waals surface area contributed by atoms with Crippen molar-refractivity contribution in [2.75, 3.05) is 0 Å². The third-order valence-electron chi connectivity index (χ3n) is 3.41. The third kappa shape index (κ3) is 2.37. The summed E-state index contributed by atoms with van der Waals surface area (Å²) in [5, 5.41) is 29.6. The van der Waals surface area contributed by atoms with Gasteiger partial charge < -0.3 is 15.3 Å². The van der Waals surface area contributed by atoms with Gasteiger partial charge in [-0.15, -0.1) is 0 Å². The molecule has 3 atom stereocenters. The van der Waals surface area contributed by atoms with E-state index in [9.17, 15) is 15.3 Å². The fourth-order valence-corrected chi connectivity index (χ4v) is 2.32. The Morgan fingerprint density at radius 2 is 2.06 bits per heavy atom. The molecule has 0 amide bonds. The van der Waals surface area contributed by atoms with Crippen LogP contribution in [0.2, 0.25) is 0 Å². The average molecular weight is 226 g/mol. The Labute approximate surface area is 97.1 Å². The maximum atomic E-state index is 10.7. The van der Waals surface area contributed by atoms with Gasteiger partial charge in [-0.3, -0.25) is 0 Å². The lowest BCUT2D eigenvalue weighted by molar-refractivity contribution is -0.0297. The highest BCUT2D eigenvalue weighted by Gasteiger charge is 2.46. The van der Waals surface area contributed by atoms with Gasteiger partial charge in [0.15, 0.2) is 0 Å². The summed E-state index contributed by atoms with van der Waals surface area (Å²) in [5.41, 5.74) is -0.812. The van der Waals surface area contributed by atoms with Crippen LogP contribution in [-0.4, -0.2) is 33.1 Å². The second-order valence-electron chi connectivity index (χ2n) is 5.37. The normalized spacial score (nSPS) is 36.2. The van der Waals surface area contributed by atoms with E-state index in [2.05, 4.69) is 0 Å². The van der Waals surface area contributed by atoms with E-state index < -0.39 is 23.2 Å². The third-order valence-corrected chi connectivity index (χ3v) is 3.41. The maximum Gasteiger partial charge on any atom is 0.109 e. The molecule has 3 unspecified atom stereocenters. The Kier molecular flexibility index (Phi) is 3.62. The molecule has 0 aliphatic heterocycles. The van der Waals surface area contributed by atoms with Crippen LogP contribution in [0, 0.1) is 5.41 Å². The molecule has 3 nitrogen and oxygen atoms in total. The molecule has 0 fully saturated rings. The molecule has 0 heterocycles. The summed E-state index contributed by atoms with van der Waals surface area (Å²) >= 11 is 0. The van der Waals surface area contributed by atoms with Gasteiger partial charge in [-0.05, 0) is 31.9 Å².